The molecule has 0 aromatic carbocycles. The second-order valence-corrected chi connectivity index (χ2v) is 8.02. The predicted molar refractivity (Wildman–Crippen MR) is 84.4 cm³/mol. The summed E-state index contributed by atoms with van der Waals surface area (Å²) < 4.78 is 26.6. The third kappa shape index (κ3) is 7.57. The summed E-state index contributed by atoms with van der Waals surface area (Å²) >= 11 is 0. The van der Waals surface area contributed by atoms with Crippen molar-refractivity contribution in [3.8, 4) is 0 Å². The Kier molecular flexibility index (Phi) is 8.02. The molecule has 20 heavy (non-hydrogen) atoms. The van der Waals surface area contributed by atoms with Gasteiger partial charge in [-0.25, -0.2) is 13.1 Å². The summed E-state index contributed by atoms with van der Waals surface area (Å²) in [6.07, 6.45) is 4.04. The molecule has 0 aliphatic carbocycles. The molecular weight excluding hydrogens is 274 g/mol. The van der Waals surface area contributed by atoms with Crippen LogP contribution < -0.4 is 10.0 Å². The minimum Gasteiger partial charge on any atom is -0.316 e. The van der Waals surface area contributed by atoms with E-state index >= 15 is 0 Å². The number of sulfonamides is 1. The van der Waals surface area contributed by atoms with Gasteiger partial charge < -0.3 is 10.2 Å². The van der Waals surface area contributed by atoms with Crippen molar-refractivity contribution >= 4 is 10.0 Å². The first-order chi connectivity index (χ1) is 9.41. The molecule has 2 N–H and O–H groups in total. The monoisotopic (exact) mass is 305 g/mol. The van der Waals surface area contributed by atoms with Crippen LogP contribution in [0.15, 0.2) is 0 Å². The maximum atomic E-state index is 12.0. The summed E-state index contributed by atoms with van der Waals surface area (Å²) in [5.74, 6) is 0.541. The van der Waals surface area contributed by atoms with Crippen LogP contribution in [-0.4, -0.2) is 58.3 Å². The van der Waals surface area contributed by atoms with Crippen molar-refractivity contribution in [3.63, 3.8) is 0 Å². The van der Waals surface area contributed by atoms with Gasteiger partial charge in [-0.05, 0) is 72.1 Å². The Morgan fingerprint density at radius 1 is 1.35 bits per heavy atom. The smallest absolute Gasteiger partial charge is 0.211 e. The zero-order chi connectivity index (χ0) is 15.0. The summed E-state index contributed by atoms with van der Waals surface area (Å²) in [4.78, 5) is 2.28. The van der Waals surface area contributed by atoms with E-state index in [0.29, 0.717) is 12.6 Å². The standard InChI is InChI=1S/C14H31N3O2S/c1-13(2)17(3)10-5-4-9-16-20(18,19)12-14-7-6-8-15-11-14/h13-16H,4-12H2,1-3H3. The molecule has 1 rings (SSSR count). The first kappa shape index (κ1) is 17.9. The summed E-state index contributed by atoms with van der Waals surface area (Å²) in [6.45, 7) is 7.77. The summed E-state index contributed by atoms with van der Waals surface area (Å²) in [7, 11) is -1.000. The minimum absolute atomic E-state index is 0.270. The number of rotatable bonds is 9. The van der Waals surface area contributed by atoms with Crippen LogP contribution in [0.3, 0.4) is 0 Å². The Morgan fingerprint density at radius 3 is 2.70 bits per heavy atom. The molecule has 0 radical (unpaired) electrons. The van der Waals surface area contributed by atoms with Gasteiger partial charge >= 0.3 is 0 Å². The van der Waals surface area contributed by atoms with Gasteiger partial charge in [-0.15, -0.1) is 0 Å². The summed E-state index contributed by atoms with van der Waals surface area (Å²) in [5, 5.41) is 3.26. The molecule has 1 atom stereocenters. The molecule has 5 nitrogen and oxygen atoms in total. The van der Waals surface area contributed by atoms with E-state index in [-0.39, 0.29) is 11.7 Å². The van der Waals surface area contributed by atoms with Gasteiger partial charge in [0.1, 0.15) is 0 Å². The lowest BCUT2D eigenvalue weighted by atomic mass is 10.0. The molecule has 1 heterocycles. The SMILES string of the molecule is CC(C)N(C)CCCCNS(=O)(=O)CC1CCCNC1. The Balaban J connectivity index is 2.13. The maximum Gasteiger partial charge on any atom is 0.211 e. The van der Waals surface area contributed by atoms with Crippen molar-refractivity contribution in [3.05, 3.63) is 0 Å². The summed E-state index contributed by atoms with van der Waals surface area (Å²) in [5.41, 5.74) is 0. The zero-order valence-corrected chi connectivity index (χ0v) is 14.0. The van der Waals surface area contributed by atoms with E-state index in [1.807, 2.05) is 0 Å². The largest absolute Gasteiger partial charge is 0.316 e. The molecule has 1 aliphatic rings. The molecule has 1 aliphatic heterocycles. The molecule has 1 unspecified atom stereocenters. The fourth-order valence-corrected chi connectivity index (χ4v) is 3.89. The number of nitrogens with zero attached hydrogens (tertiary/aromatic N) is 1. The van der Waals surface area contributed by atoms with E-state index < -0.39 is 10.0 Å². The first-order valence-electron chi connectivity index (χ1n) is 7.79. The number of piperidine rings is 1. The predicted octanol–water partition coefficient (Wildman–Crippen LogP) is 1.03. The Labute approximate surface area is 124 Å². The second kappa shape index (κ2) is 8.97. The molecule has 120 valence electrons. The quantitative estimate of drug-likeness (QED) is 0.625. The van der Waals surface area contributed by atoms with Gasteiger partial charge in [0.25, 0.3) is 0 Å². The third-order valence-electron chi connectivity index (χ3n) is 4.00. The lowest BCUT2D eigenvalue weighted by molar-refractivity contribution is 0.268. The van der Waals surface area contributed by atoms with E-state index in [1.54, 1.807) is 0 Å². The van der Waals surface area contributed by atoms with Crippen molar-refractivity contribution in [2.75, 3.05) is 39.0 Å². The van der Waals surface area contributed by atoms with Crippen LogP contribution >= 0.6 is 0 Å². The zero-order valence-electron chi connectivity index (χ0n) is 13.2. The Morgan fingerprint density at radius 2 is 2.10 bits per heavy atom. The maximum absolute atomic E-state index is 12.0. The lowest BCUT2D eigenvalue weighted by Crippen LogP contribution is -2.38. The Bertz CT molecular complexity index is 351. The van der Waals surface area contributed by atoms with E-state index in [2.05, 4.69) is 35.8 Å². The van der Waals surface area contributed by atoms with Crippen LogP contribution in [-0.2, 0) is 10.0 Å². The van der Waals surface area contributed by atoms with Gasteiger partial charge in [0.2, 0.25) is 10.0 Å². The van der Waals surface area contributed by atoms with Gasteiger partial charge in [-0.3, -0.25) is 0 Å². The first-order valence-corrected chi connectivity index (χ1v) is 9.44. The number of nitrogens with one attached hydrogen (secondary N) is 2. The fourth-order valence-electron chi connectivity index (χ4n) is 2.41. The van der Waals surface area contributed by atoms with Gasteiger partial charge in [-0.2, -0.15) is 0 Å². The second-order valence-electron chi connectivity index (χ2n) is 6.17. The highest BCUT2D eigenvalue weighted by Crippen LogP contribution is 2.11. The van der Waals surface area contributed by atoms with E-state index in [4.69, 9.17) is 0 Å². The van der Waals surface area contributed by atoms with Crippen LogP contribution in [0.5, 0.6) is 0 Å². The van der Waals surface area contributed by atoms with Crippen LogP contribution in [0.2, 0.25) is 0 Å². The molecule has 6 heteroatoms. The normalized spacial score (nSPS) is 20.8. The van der Waals surface area contributed by atoms with Crippen molar-refractivity contribution in [1.82, 2.24) is 14.9 Å². The average molecular weight is 305 g/mol. The van der Waals surface area contributed by atoms with Gasteiger partial charge in [0, 0.05) is 12.6 Å². The van der Waals surface area contributed by atoms with Crippen molar-refractivity contribution in [2.45, 2.75) is 45.6 Å². The number of hydrogen-bond acceptors (Lipinski definition) is 4. The highest BCUT2D eigenvalue weighted by molar-refractivity contribution is 7.89. The molecule has 0 aromatic rings. The average Bonchev–Trinajstić information content (AvgIpc) is 2.38. The summed E-state index contributed by atoms with van der Waals surface area (Å²) in [6, 6.07) is 0.547. The topological polar surface area (TPSA) is 61.4 Å². The molecule has 0 aromatic heterocycles. The van der Waals surface area contributed by atoms with Crippen molar-refractivity contribution in [2.24, 2.45) is 5.92 Å². The van der Waals surface area contributed by atoms with E-state index in [9.17, 15) is 8.42 Å². The van der Waals surface area contributed by atoms with E-state index in [0.717, 1.165) is 45.3 Å². The lowest BCUT2D eigenvalue weighted by Gasteiger charge is -2.22. The van der Waals surface area contributed by atoms with Crippen LogP contribution in [0, 0.1) is 5.92 Å². The third-order valence-corrected chi connectivity index (χ3v) is 5.55. The highest BCUT2D eigenvalue weighted by atomic mass is 32.2. The molecule has 0 saturated carbocycles. The Hall–Kier alpha value is -0.170. The highest BCUT2D eigenvalue weighted by Gasteiger charge is 2.20. The number of hydrogen-bond donors (Lipinski definition) is 2. The van der Waals surface area contributed by atoms with Crippen LogP contribution in [0.4, 0.5) is 0 Å². The van der Waals surface area contributed by atoms with Crippen LogP contribution in [0.1, 0.15) is 39.5 Å². The van der Waals surface area contributed by atoms with Crippen molar-refractivity contribution < 1.29 is 8.42 Å². The number of unbranched alkanes of at least 4 members (excludes halogenated alkanes) is 1. The van der Waals surface area contributed by atoms with E-state index in [1.165, 1.54) is 0 Å². The molecule has 0 bridgehead atoms. The van der Waals surface area contributed by atoms with Crippen molar-refractivity contribution in [1.29, 1.82) is 0 Å². The van der Waals surface area contributed by atoms with Gasteiger partial charge in [-0.1, -0.05) is 0 Å². The fraction of sp³-hybridized carbons (Fsp3) is 1.00. The minimum atomic E-state index is -3.10. The molecule has 0 amide bonds. The van der Waals surface area contributed by atoms with Gasteiger partial charge in [0.05, 0.1) is 5.75 Å². The molecule has 1 fully saturated rings. The molecular formula is C14H31N3O2S. The molecule has 1 saturated heterocycles. The van der Waals surface area contributed by atoms with Gasteiger partial charge in [0.15, 0.2) is 0 Å². The van der Waals surface area contributed by atoms with Crippen LogP contribution in [0.25, 0.3) is 0 Å². The molecule has 0 spiro atoms.